The summed E-state index contributed by atoms with van der Waals surface area (Å²) >= 11 is 0. The van der Waals surface area contributed by atoms with E-state index in [0.29, 0.717) is 5.92 Å². The molecule has 6 heteroatoms. The smallest absolute Gasteiger partial charge is 0.410 e. The van der Waals surface area contributed by atoms with Gasteiger partial charge in [-0.1, -0.05) is 24.3 Å². The minimum atomic E-state index is -0.527. The normalized spacial score (nSPS) is 27.0. The Morgan fingerprint density at radius 1 is 0.824 bits per heavy atom. The zero-order valence-corrected chi connectivity index (χ0v) is 21.7. The van der Waals surface area contributed by atoms with Crippen LogP contribution in [0.25, 0.3) is 0 Å². The van der Waals surface area contributed by atoms with E-state index in [1.165, 1.54) is 24.0 Å². The molecule has 3 fully saturated rings. The molecule has 34 heavy (non-hydrogen) atoms. The van der Waals surface area contributed by atoms with Crippen LogP contribution < -0.4 is 5.32 Å². The van der Waals surface area contributed by atoms with Crippen molar-refractivity contribution in [2.24, 2.45) is 0 Å². The Labute approximate surface area is 204 Å². The van der Waals surface area contributed by atoms with Gasteiger partial charge in [0, 0.05) is 24.0 Å². The quantitative estimate of drug-likeness (QED) is 0.534. The lowest BCUT2D eigenvalue weighted by Crippen LogP contribution is -2.49. The fourth-order valence-corrected chi connectivity index (χ4v) is 5.12. The van der Waals surface area contributed by atoms with Gasteiger partial charge in [0.2, 0.25) is 0 Å². The number of carbonyl (C=O) groups excluding carboxylic acids is 2. The Morgan fingerprint density at radius 2 is 1.38 bits per heavy atom. The maximum absolute atomic E-state index is 13.3. The van der Waals surface area contributed by atoms with Crippen LogP contribution >= 0.6 is 0 Å². The van der Waals surface area contributed by atoms with E-state index in [0.717, 1.165) is 38.0 Å². The van der Waals surface area contributed by atoms with Crippen molar-refractivity contribution < 1.29 is 19.1 Å². The summed E-state index contributed by atoms with van der Waals surface area (Å²) in [5, 5.41) is 3.01. The number of hydrogen-bond acceptors (Lipinski definition) is 4. The highest BCUT2D eigenvalue weighted by Gasteiger charge is 2.49. The van der Waals surface area contributed by atoms with Crippen molar-refractivity contribution in [1.29, 1.82) is 0 Å². The van der Waals surface area contributed by atoms with Gasteiger partial charge in [-0.3, -0.25) is 0 Å². The maximum atomic E-state index is 13.3. The van der Waals surface area contributed by atoms with E-state index in [1.54, 1.807) is 0 Å². The van der Waals surface area contributed by atoms with Gasteiger partial charge in [-0.25, -0.2) is 9.59 Å². The van der Waals surface area contributed by atoms with Gasteiger partial charge in [0.05, 0.1) is 0 Å². The van der Waals surface area contributed by atoms with Crippen molar-refractivity contribution in [1.82, 2.24) is 10.2 Å². The van der Waals surface area contributed by atoms with E-state index in [-0.39, 0.29) is 30.3 Å². The van der Waals surface area contributed by atoms with Crippen molar-refractivity contribution in [3.8, 4) is 0 Å². The number of carbonyl (C=O) groups is 2. The van der Waals surface area contributed by atoms with Crippen molar-refractivity contribution in [2.45, 2.75) is 128 Å². The zero-order valence-electron chi connectivity index (χ0n) is 21.7. The first kappa shape index (κ1) is 24.9. The highest BCUT2D eigenvalue weighted by Crippen LogP contribution is 2.48. The van der Waals surface area contributed by atoms with E-state index in [4.69, 9.17) is 9.47 Å². The zero-order chi connectivity index (χ0) is 24.7. The molecule has 0 bridgehead atoms. The molecule has 1 aromatic carbocycles. The third-order valence-electron chi connectivity index (χ3n) is 6.94. The summed E-state index contributed by atoms with van der Waals surface area (Å²) in [5.74, 6) is 1.13. The third kappa shape index (κ3) is 6.67. The molecule has 2 atom stereocenters. The summed E-state index contributed by atoms with van der Waals surface area (Å²) in [6, 6.07) is 9.45. The number of ether oxygens (including phenoxy) is 2. The summed E-state index contributed by atoms with van der Waals surface area (Å²) in [6.45, 7) is 11.4. The fourth-order valence-electron chi connectivity index (χ4n) is 5.12. The lowest BCUT2D eigenvalue weighted by atomic mass is 9.90. The van der Waals surface area contributed by atoms with E-state index >= 15 is 0 Å². The van der Waals surface area contributed by atoms with E-state index < -0.39 is 11.2 Å². The number of amides is 2. The van der Waals surface area contributed by atoms with Gasteiger partial charge in [0.25, 0.3) is 0 Å². The minimum Gasteiger partial charge on any atom is -0.444 e. The average Bonchev–Trinajstić information content (AvgIpc) is 3.62. The summed E-state index contributed by atoms with van der Waals surface area (Å²) in [6.07, 6.45) is 6.39. The predicted octanol–water partition coefficient (Wildman–Crippen LogP) is 6.49. The van der Waals surface area contributed by atoms with Crippen molar-refractivity contribution >= 4 is 12.2 Å². The molecule has 0 aliphatic heterocycles. The van der Waals surface area contributed by atoms with Gasteiger partial charge in [-0.2, -0.15) is 0 Å². The second kappa shape index (κ2) is 9.43. The predicted molar refractivity (Wildman–Crippen MR) is 133 cm³/mol. The van der Waals surface area contributed by atoms with Crippen LogP contribution in [0.15, 0.2) is 24.3 Å². The molecular weight excluding hydrogens is 428 g/mol. The molecule has 4 rings (SSSR count). The maximum Gasteiger partial charge on any atom is 0.410 e. The minimum absolute atomic E-state index is 0.0801. The molecular formula is C28H42N2O4. The molecule has 3 aliphatic carbocycles. The lowest BCUT2D eigenvalue weighted by Gasteiger charge is -2.38. The Hall–Kier alpha value is -2.24. The van der Waals surface area contributed by atoms with Crippen LogP contribution in [0.4, 0.5) is 9.59 Å². The molecule has 2 amide bonds. The molecule has 1 aromatic rings. The Balaban J connectivity index is 1.39. The van der Waals surface area contributed by atoms with E-state index in [9.17, 15) is 9.59 Å². The Morgan fingerprint density at radius 3 is 1.91 bits per heavy atom. The SMILES string of the molecule is CC(C)(C)OC(=O)NC1CCC(N(C(=O)OC(C)(C)C)[C@@H]2C[C@H]2c2ccc(C3CC3)cc2)CC1. The van der Waals surface area contributed by atoms with Crippen molar-refractivity contribution in [3.05, 3.63) is 35.4 Å². The molecule has 0 aromatic heterocycles. The summed E-state index contributed by atoms with van der Waals surface area (Å²) in [7, 11) is 0. The number of rotatable bonds is 5. The van der Waals surface area contributed by atoms with Gasteiger partial charge in [0.15, 0.2) is 0 Å². The third-order valence-corrected chi connectivity index (χ3v) is 6.94. The molecule has 0 spiro atoms. The molecule has 0 heterocycles. The van der Waals surface area contributed by atoms with Crippen LogP contribution in [-0.2, 0) is 9.47 Å². The average molecular weight is 471 g/mol. The van der Waals surface area contributed by atoms with Crippen LogP contribution in [0, 0.1) is 0 Å². The molecule has 0 saturated heterocycles. The molecule has 3 aliphatic rings. The van der Waals surface area contributed by atoms with Crippen LogP contribution in [0.2, 0.25) is 0 Å². The van der Waals surface area contributed by atoms with Crippen molar-refractivity contribution in [2.75, 3.05) is 0 Å². The molecule has 0 unspecified atom stereocenters. The molecule has 188 valence electrons. The van der Waals surface area contributed by atoms with Crippen LogP contribution in [0.1, 0.15) is 109 Å². The molecule has 0 radical (unpaired) electrons. The Bertz CT molecular complexity index is 871. The largest absolute Gasteiger partial charge is 0.444 e. The summed E-state index contributed by atoms with van der Waals surface area (Å²) < 4.78 is 11.3. The Kier molecular flexibility index (Phi) is 6.90. The van der Waals surface area contributed by atoms with Gasteiger partial charge < -0.3 is 19.7 Å². The molecule has 6 nitrogen and oxygen atoms in total. The molecule has 1 N–H and O–H groups in total. The monoisotopic (exact) mass is 470 g/mol. The number of benzene rings is 1. The van der Waals surface area contributed by atoms with Gasteiger partial charge >= 0.3 is 12.2 Å². The van der Waals surface area contributed by atoms with Crippen LogP contribution in [0.3, 0.4) is 0 Å². The van der Waals surface area contributed by atoms with Gasteiger partial charge in [-0.15, -0.1) is 0 Å². The molecule has 3 saturated carbocycles. The fraction of sp³-hybridized carbons (Fsp3) is 0.714. The topological polar surface area (TPSA) is 67.9 Å². The number of alkyl carbamates (subject to hydrolysis) is 1. The lowest BCUT2D eigenvalue weighted by molar-refractivity contribution is 0.00744. The summed E-state index contributed by atoms with van der Waals surface area (Å²) in [5.41, 5.74) is 1.73. The second-order valence-electron chi connectivity index (χ2n) is 12.4. The number of nitrogens with zero attached hydrogens (tertiary/aromatic N) is 1. The highest BCUT2D eigenvalue weighted by atomic mass is 16.6. The summed E-state index contributed by atoms with van der Waals surface area (Å²) in [4.78, 5) is 27.5. The van der Waals surface area contributed by atoms with E-state index in [1.807, 2.05) is 46.4 Å². The second-order valence-corrected chi connectivity index (χ2v) is 12.4. The highest BCUT2D eigenvalue weighted by molar-refractivity contribution is 5.70. The van der Waals surface area contributed by atoms with Crippen LogP contribution in [0.5, 0.6) is 0 Å². The first-order valence-electron chi connectivity index (χ1n) is 13.0. The standard InChI is InChI=1S/C28H42N2O4/c1-27(2,3)33-25(31)29-21-13-15-22(16-14-21)30(26(32)34-28(4,5)6)24-17-23(24)20-11-9-19(10-12-20)18-7-8-18/h9-12,18,21-24H,7-8,13-17H2,1-6H3,(H,29,31)/t21?,22?,23-,24+/m0/s1. The van der Waals surface area contributed by atoms with Gasteiger partial charge in [-0.05, 0) is 104 Å². The van der Waals surface area contributed by atoms with Crippen molar-refractivity contribution in [3.63, 3.8) is 0 Å². The first-order valence-corrected chi connectivity index (χ1v) is 13.0. The first-order chi connectivity index (χ1) is 15.9. The van der Waals surface area contributed by atoms with E-state index in [2.05, 4.69) is 29.6 Å². The van der Waals surface area contributed by atoms with Gasteiger partial charge in [0.1, 0.15) is 11.2 Å². The number of nitrogens with one attached hydrogen (secondary N) is 1. The van der Waals surface area contributed by atoms with Crippen LogP contribution in [-0.4, -0.2) is 46.4 Å². The number of hydrogen-bond donors (Lipinski definition) is 1.